The summed E-state index contributed by atoms with van der Waals surface area (Å²) in [7, 11) is 0. The van der Waals surface area contributed by atoms with Gasteiger partial charge in [0, 0.05) is 22.9 Å². The van der Waals surface area contributed by atoms with Crippen LogP contribution >= 0.6 is 0 Å². The maximum absolute atomic E-state index is 13.2. The van der Waals surface area contributed by atoms with Crippen LogP contribution in [0.4, 0.5) is 5.69 Å². The van der Waals surface area contributed by atoms with Crippen LogP contribution in [0.2, 0.25) is 0 Å². The molecule has 0 atom stereocenters. The first kappa shape index (κ1) is 30.8. The Morgan fingerprint density at radius 1 is 1.05 bits per heavy atom. The monoisotopic (exact) mass is 559 g/mol. The van der Waals surface area contributed by atoms with Gasteiger partial charge in [-0.3, -0.25) is 4.79 Å². The summed E-state index contributed by atoms with van der Waals surface area (Å²) in [5, 5.41) is 14.1. The predicted molar refractivity (Wildman–Crippen MR) is 179 cm³/mol. The van der Waals surface area contributed by atoms with Crippen molar-refractivity contribution in [1.29, 1.82) is 0 Å². The Morgan fingerprint density at radius 3 is 2.38 bits per heavy atom. The second-order valence-corrected chi connectivity index (χ2v) is 11.6. The van der Waals surface area contributed by atoms with Gasteiger partial charge in [0.05, 0.1) is 0 Å². The van der Waals surface area contributed by atoms with E-state index in [-0.39, 0.29) is 11.7 Å². The van der Waals surface area contributed by atoms with Gasteiger partial charge < -0.3 is 10.4 Å². The molecule has 218 valence electrons. The highest BCUT2D eigenvalue weighted by molar-refractivity contribution is 6.04. The molecule has 0 heterocycles. The van der Waals surface area contributed by atoms with Crippen LogP contribution in [0, 0.1) is 6.92 Å². The first-order valence-electron chi connectivity index (χ1n) is 15.2. The lowest BCUT2D eigenvalue weighted by Crippen LogP contribution is -2.15. The zero-order valence-electron chi connectivity index (χ0n) is 25.9. The van der Waals surface area contributed by atoms with Crippen molar-refractivity contribution in [3.05, 3.63) is 130 Å². The van der Waals surface area contributed by atoms with Gasteiger partial charge >= 0.3 is 0 Å². The highest BCUT2D eigenvalue weighted by Crippen LogP contribution is 2.44. The van der Waals surface area contributed by atoms with E-state index in [0.717, 1.165) is 54.4 Å². The van der Waals surface area contributed by atoms with Crippen LogP contribution in [0.25, 0.3) is 11.1 Å². The van der Waals surface area contributed by atoms with E-state index in [4.69, 9.17) is 0 Å². The first-order chi connectivity index (χ1) is 20.2. The van der Waals surface area contributed by atoms with Crippen molar-refractivity contribution in [2.24, 2.45) is 0 Å². The summed E-state index contributed by atoms with van der Waals surface area (Å²) in [5.41, 5.74) is 11.9. The zero-order chi connectivity index (χ0) is 30.2. The highest BCUT2D eigenvalue weighted by Gasteiger charge is 2.26. The minimum atomic E-state index is -0.187. The summed E-state index contributed by atoms with van der Waals surface area (Å²) in [6.07, 6.45) is 14.0. The maximum atomic E-state index is 13.2. The SMILES string of the molecule is C=C/C=C(\C=C/C)c1c(O)cc(NC(=O)c2ccc(Cc3ccc(C)c(/C(C)=C(/C)CCC)c3)cc2)cc1C1CCC1. The molecule has 42 heavy (non-hydrogen) atoms. The molecule has 0 aliphatic heterocycles. The van der Waals surface area contributed by atoms with Crippen LogP contribution in [-0.2, 0) is 6.42 Å². The molecule has 1 aliphatic rings. The molecule has 0 unspecified atom stereocenters. The molecule has 0 saturated heterocycles. The Labute approximate surface area is 252 Å². The number of benzene rings is 3. The van der Waals surface area contributed by atoms with Crippen molar-refractivity contribution in [3.8, 4) is 5.75 Å². The number of anilines is 1. The number of aromatic hydroxyl groups is 1. The molecule has 3 nitrogen and oxygen atoms in total. The fraction of sp³-hybridized carbons (Fsp3) is 0.308. The molecule has 1 aliphatic carbocycles. The number of hydrogen-bond acceptors (Lipinski definition) is 2. The van der Waals surface area contributed by atoms with E-state index in [1.165, 1.54) is 34.3 Å². The summed E-state index contributed by atoms with van der Waals surface area (Å²) in [6.45, 7) is 14.7. The van der Waals surface area contributed by atoms with Crippen molar-refractivity contribution in [3.63, 3.8) is 0 Å². The number of phenols is 1. The van der Waals surface area contributed by atoms with E-state index in [2.05, 4.69) is 57.8 Å². The molecule has 0 bridgehead atoms. The summed E-state index contributed by atoms with van der Waals surface area (Å²) in [5.74, 6) is 0.356. The number of aryl methyl sites for hydroxylation is 1. The van der Waals surface area contributed by atoms with Crippen LogP contribution in [0.5, 0.6) is 5.75 Å². The topological polar surface area (TPSA) is 49.3 Å². The van der Waals surface area contributed by atoms with E-state index >= 15 is 0 Å². The van der Waals surface area contributed by atoms with Crippen molar-refractivity contribution >= 4 is 22.7 Å². The number of phenolic OH excluding ortho intramolecular Hbond substituents is 1. The number of rotatable bonds is 11. The lowest BCUT2D eigenvalue weighted by atomic mass is 9.76. The van der Waals surface area contributed by atoms with Crippen LogP contribution < -0.4 is 5.32 Å². The third-order valence-corrected chi connectivity index (χ3v) is 8.48. The van der Waals surface area contributed by atoms with Gasteiger partial charge in [0.15, 0.2) is 0 Å². The number of allylic oxidation sites excluding steroid dienone is 7. The number of hydrogen-bond donors (Lipinski definition) is 2. The normalized spacial score (nSPS) is 14.5. The molecular weight excluding hydrogens is 514 g/mol. The van der Waals surface area contributed by atoms with Crippen LogP contribution in [0.15, 0.2) is 91.1 Å². The molecule has 1 amide bonds. The minimum Gasteiger partial charge on any atom is -0.507 e. The summed E-state index contributed by atoms with van der Waals surface area (Å²) < 4.78 is 0. The van der Waals surface area contributed by atoms with Crippen molar-refractivity contribution in [1.82, 2.24) is 0 Å². The molecule has 1 fully saturated rings. The fourth-order valence-corrected chi connectivity index (χ4v) is 5.79. The Balaban J connectivity index is 1.52. The maximum Gasteiger partial charge on any atom is 0.255 e. The van der Waals surface area contributed by atoms with Crippen LogP contribution in [0.3, 0.4) is 0 Å². The Bertz CT molecular complexity index is 1530. The van der Waals surface area contributed by atoms with Crippen molar-refractivity contribution in [2.45, 2.75) is 79.1 Å². The van der Waals surface area contributed by atoms with E-state index in [9.17, 15) is 9.90 Å². The van der Waals surface area contributed by atoms with E-state index < -0.39 is 0 Å². The van der Waals surface area contributed by atoms with Gasteiger partial charge in [0.2, 0.25) is 0 Å². The predicted octanol–water partition coefficient (Wildman–Crippen LogP) is 10.6. The van der Waals surface area contributed by atoms with Crippen molar-refractivity contribution in [2.75, 3.05) is 5.32 Å². The van der Waals surface area contributed by atoms with Gasteiger partial charge in [-0.15, -0.1) is 0 Å². The number of amides is 1. The Hall–Kier alpha value is -4.11. The van der Waals surface area contributed by atoms with E-state index in [0.29, 0.717) is 17.2 Å². The molecule has 3 aromatic carbocycles. The number of carbonyl (C=O) groups is 1. The number of nitrogens with one attached hydrogen (secondary N) is 1. The zero-order valence-corrected chi connectivity index (χ0v) is 25.9. The number of carbonyl (C=O) groups excluding carboxylic acids is 1. The molecule has 0 aromatic heterocycles. The van der Waals surface area contributed by atoms with Gasteiger partial charge in [-0.25, -0.2) is 0 Å². The Kier molecular flexibility index (Phi) is 10.4. The summed E-state index contributed by atoms with van der Waals surface area (Å²) in [4.78, 5) is 13.2. The average Bonchev–Trinajstić information content (AvgIpc) is 2.93. The van der Waals surface area contributed by atoms with Gasteiger partial charge in [-0.1, -0.05) is 86.6 Å². The third kappa shape index (κ3) is 7.20. The standard InChI is InChI=1S/C39H45NO2/c1-7-11-26(4)28(6)35-23-30(17-16-27(35)5)22-29-18-20-33(21-19-29)39(42)40-34-24-36(31-14-10-15-31)38(37(41)25-34)32(12-8-2)13-9-3/h8-9,12-13,16-21,23-25,31,41H,2,7,10-11,14-15,22H2,1,3-6H3,(H,40,42)/b13-9-,28-26-,32-12+. The molecular formula is C39H45NO2. The molecule has 3 heteroatoms. The second-order valence-electron chi connectivity index (χ2n) is 11.6. The summed E-state index contributed by atoms with van der Waals surface area (Å²) >= 11 is 0. The highest BCUT2D eigenvalue weighted by atomic mass is 16.3. The lowest BCUT2D eigenvalue weighted by Gasteiger charge is -2.29. The Morgan fingerprint density at radius 2 is 1.76 bits per heavy atom. The largest absolute Gasteiger partial charge is 0.507 e. The molecule has 0 spiro atoms. The van der Waals surface area contributed by atoms with Crippen LogP contribution in [-0.4, -0.2) is 11.0 Å². The minimum absolute atomic E-state index is 0.170. The molecule has 4 rings (SSSR count). The van der Waals surface area contributed by atoms with Gasteiger partial charge in [0.25, 0.3) is 5.91 Å². The average molecular weight is 560 g/mol. The molecule has 1 saturated carbocycles. The van der Waals surface area contributed by atoms with Crippen molar-refractivity contribution < 1.29 is 9.90 Å². The van der Waals surface area contributed by atoms with Gasteiger partial charge in [-0.05, 0) is 116 Å². The van der Waals surface area contributed by atoms with Gasteiger partial charge in [-0.2, -0.15) is 0 Å². The van der Waals surface area contributed by atoms with Crippen LogP contribution in [0.1, 0.15) is 109 Å². The summed E-state index contributed by atoms with van der Waals surface area (Å²) in [6, 6.07) is 18.2. The third-order valence-electron chi connectivity index (χ3n) is 8.48. The molecule has 0 radical (unpaired) electrons. The smallest absolute Gasteiger partial charge is 0.255 e. The molecule has 3 aromatic rings. The quantitative estimate of drug-likeness (QED) is 0.230. The molecule has 2 N–H and O–H groups in total. The fourth-order valence-electron chi connectivity index (χ4n) is 5.79. The second kappa shape index (κ2) is 14.2. The van der Waals surface area contributed by atoms with E-state index in [1.807, 2.05) is 55.5 Å². The lowest BCUT2D eigenvalue weighted by molar-refractivity contribution is 0.102. The van der Waals surface area contributed by atoms with Gasteiger partial charge in [0.1, 0.15) is 5.75 Å². The van der Waals surface area contributed by atoms with E-state index in [1.54, 1.807) is 12.1 Å². The first-order valence-corrected chi connectivity index (χ1v) is 15.2.